The molecule has 2 aliphatic heterocycles. The van der Waals surface area contributed by atoms with E-state index < -0.39 is 10.0 Å². The van der Waals surface area contributed by atoms with Crippen LogP contribution in [0.1, 0.15) is 33.1 Å². The highest BCUT2D eigenvalue weighted by Gasteiger charge is 2.42. The molecule has 5 nitrogen and oxygen atoms in total. The van der Waals surface area contributed by atoms with Crippen molar-refractivity contribution in [2.45, 2.75) is 57.4 Å². The molecule has 0 spiro atoms. The zero-order valence-electron chi connectivity index (χ0n) is 10.5. The van der Waals surface area contributed by atoms with Gasteiger partial charge in [0.1, 0.15) is 0 Å². The van der Waals surface area contributed by atoms with E-state index in [1.54, 1.807) is 0 Å². The largest absolute Gasteiger partial charge is 0.373 e. The minimum atomic E-state index is -3.18. The molecule has 17 heavy (non-hydrogen) atoms. The van der Waals surface area contributed by atoms with Gasteiger partial charge in [-0.25, -0.2) is 13.1 Å². The maximum atomic E-state index is 11.8. The van der Waals surface area contributed by atoms with Gasteiger partial charge in [-0.05, 0) is 19.3 Å². The Morgan fingerprint density at radius 1 is 1.35 bits per heavy atom. The van der Waals surface area contributed by atoms with Gasteiger partial charge >= 0.3 is 0 Å². The summed E-state index contributed by atoms with van der Waals surface area (Å²) in [7, 11) is -3.18. The Hall–Kier alpha value is -0.170. The molecule has 0 aromatic heterocycles. The highest BCUT2D eigenvalue weighted by Crippen LogP contribution is 2.34. The zero-order chi connectivity index (χ0) is 12.5. The van der Waals surface area contributed by atoms with Gasteiger partial charge in [0, 0.05) is 12.6 Å². The van der Waals surface area contributed by atoms with Crippen molar-refractivity contribution in [1.82, 2.24) is 10.0 Å². The predicted molar refractivity (Wildman–Crippen MR) is 66.4 cm³/mol. The van der Waals surface area contributed by atoms with Gasteiger partial charge in [0.2, 0.25) is 10.0 Å². The second-order valence-electron chi connectivity index (χ2n) is 5.26. The van der Waals surface area contributed by atoms with Crippen LogP contribution < -0.4 is 10.0 Å². The normalized spacial score (nSPS) is 32.5. The third-order valence-electron chi connectivity index (χ3n) is 3.36. The maximum absolute atomic E-state index is 11.8. The first kappa shape index (κ1) is 13.3. The van der Waals surface area contributed by atoms with Crippen LogP contribution >= 0.6 is 0 Å². The van der Waals surface area contributed by atoms with Crippen molar-refractivity contribution in [3.63, 3.8) is 0 Å². The summed E-state index contributed by atoms with van der Waals surface area (Å²) in [4.78, 5) is 0. The van der Waals surface area contributed by atoms with Gasteiger partial charge in [-0.15, -0.1) is 0 Å². The molecule has 100 valence electrons. The Kier molecular flexibility index (Phi) is 4.07. The second-order valence-corrected chi connectivity index (χ2v) is 7.14. The Morgan fingerprint density at radius 2 is 2.12 bits per heavy atom. The number of rotatable bonds is 6. The van der Waals surface area contributed by atoms with Crippen molar-refractivity contribution in [3.05, 3.63) is 0 Å². The lowest BCUT2D eigenvalue weighted by atomic mass is 9.96. The highest BCUT2D eigenvalue weighted by atomic mass is 32.2. The van der Waals surface area contributed by atoms with Crippen molar-refractivity contribution in [1.29, 1.82) is 0 Å². The fourth-order valence-corrected chi connectivity index (χ4v) is 3.75. The fraction of sp³-hybridized carbons (Fsp3) is 1.00. The summed E-state index contributed by atoms with van der Waals surface area (Å²) in [6, 6.07) is 0.314. The lowest BCUT2D eigenvalue weighted by molar-refractivity contribution is 0.0996. The first-order chi connectivity index (χ1) is 7.96. The van der Waals surface area contributed by atoms with Crippen molar-refractivity contribution in [2.24, 2.45) is 0 Å². The standard InChI is InChI=1S/C11H22N2O3S/c1-8(2)12-5-6-17(14,15)13-10-7-9-3-4-11(10)16-9/h8-13H,3-7H2,1-2H3. The minimum Gasteiger partial charge on any atom is -0.373 e. The van der Waals surface area contributed by atoms with E-state index in [0.29, 0.717) is 12.6 Å². The monoisotopic (exact) mass is 262 g/mol. The average molecular weight is 262 g/mol. The highest BCUT2D eigenvalue weighted by molar-refractivity contribution is 7.89. The summed E-state index contributed by atoms with van der Waals surface area (Å²) in [6.45, 7) is 4.50. The van der Waals surface area contributed by atoms with Crippen molar-refractivity contribution < 1.29 is 13.2 Å². The minimum absolute atomic E-state index is 0.00204. The average Bonchev–Trinajstić information content (AvgIpc) is 2.76. The van der Waals surface area contributed by atoms with Crippen LogP contribution in [0, 0.1) is 0 Å². The summed E-state index contributed by atoms with van der Waals surface area (Å²) in [5, 5.41) is 3.11. The molecule has 3 unspecified atom stereocenters. The SMILES string of the molecule is CC(C)NCCS(=O)(=O)NC1CC2CCC1O2. The molecule has 2 saturated heterocycles. The summed E-state index contributed by atoms with van der Waals surface area (Å²) in [5.74, 6) is 0.138. The van der Waals surface area contributed by atoms with Crippen molar-refractivity contribution >= 4 is 10.0 Å². The van der Waals surface area contributed by atoms with E-state index in [0.717, 1.165) is 19.3 Å². The Balaban J connectivity index is 1.77. The number of fused-ring (bicyclic) bond motifs is 2. The van der Waals surface area contributed by atoms with Gasteiger partial charge in [0.15, 0.2) is 0 Å². The number of sulfonamides is 1. The molecule has 2 bridgehead atoms. The first-order valence-corrected chi connectivity index (χ1v) is 8.00. The van der Waals surface area contributed by atoms with Crippen LogP contribution in [0.4, 0.5) is 0 Å². The van der Waals surface area contributed by atoms with E-state index in [-0.39, 0.29) is 24.0 Å². The number of hydrogen-bond acceptors (Lipinski definition) is 4. The van der Waals surface area contributed by atoms with E-state index in [1.807, 2.05) is 13.8 Å². The first-order valence-electron chi connectivity index (χ1n) is 6.35. The zero-order valence-corrected chi connectivity index (χ0v) is 11.3. The molecular weight excluding hydrogens is 240 g/mol. The van der Waals surface area contributed by atoms with Crippen molar-refractivity contribution in [2.75, 3.05) is 12.3 Å². The molecule has 2 aliphatic rings. The van der Waals surface area contributed by atoms with E-state index >= 15 is 0 Å². The lowest BCUT2D eigenvalue weighted by Gasteiger charge is -2.20. The molecule has 0 aromatic rings. The van der Waals surface area contributed by atoms with Crippen LogP contribution in [0.5, 0.6) is 0 Å². The van der Waals surface area contributed by atoms with E-state index in [9.17, 15) is 8.42 Å². The number of ether oxygens (including phenoxy) is 1. The van der Waals surface area contributed by atoms with Crippen LogP contribution in [0.15, 0.2) is 0 Å². The molecule has 2 rings (SSSR count). The van der Waals surface area contributed by atoms with Crippen LogP contribution in [0.2, 0.25) is 0 Å². The molecule has 2 heterocycles. The summed E-state index contributed by atoms with van der Waals surface area (Å²) in [6.07, 6.45) is 3.29. The summed E-state index contributed by atoms with van der Waals surface area (Å²) in [5.41, 5.74) is 0. The smallest absolute Gasteiger partial charge is 0.213 e. The molecule has 2 N–H and O–H groups in total. The molecular formula is C11H22N2O3S. The number of nitrogens with one attached hydrogen (secondary N) is 2. The van der Waals surface area contributed by atoms with Crippen LogP contribution in [0.25, 0.3) is 0 Å². The fourth-order valence-electron chi connectivity index (χ4n) is 2.53. The maximum Gasteiger partial charge on any atom is 0.213 e. The Labute approximate surface area is 103 Å². The van der Waals surface area contributed by atoms with E-state index in [2.05, 4.69) is 10.0 Å². The van der Waals surface area contributed by atoms with Gasteiger partial charge in [0.05, 0.1) is 24.0 Å². The molecule has 2 fully saturated rings. The molecule has 0 aromatic carbocycles. The van der Waals surface area contributed by atoms with E-state index in [1.165, 1.54) is 0 Å². The third-order valence-corrected chi connectivity index (χ3v) is 4.76. The lowest BCUT2D eigenvalue weighted by Crippen LogP contribution is -2.44. The van der Waals surface area contributed by atoms with Gasteiger partial charge < -0.3 is 10.1 Å². The predicted octanol–water partition coefficient (Wildman–Crippen LogP) is 0.224. The van der Waals surface area contributed by atoms with Crippen molar-refractivity contribution in [3.8, 4) is 0 Å². The summed E-state index contributed by atoms with van der Waals surface area (Å²) >= 11 is 0. The Bertz CT molecular complexity index is 356. The molecule has 0 radical (unpaired) electrons. The van der Waals surface area contributed by atoms with Gasteiger partial charge in [-0.1, -0.05) is 13.8 Å². The van der Waals surface area contributed by atoms with Gasteiger partial charge in [-0.2, -0.15) is 0 Å². The molecule has 0 saturated carbocycles. The third kappa shape index (κ3) is 3.64. The van der Waals surface area contributed by atoms with Gasteiger partial charge in [-0.3, -0.25) is 0 Å². The molecule has 0 amide bonds. The summed E-state index contributed by atoms with van der Waals surface area (Å²) < 4.78 is 32.1. The molecule has 6 heteroatoms. The van der Waals surface area contributed by atoms with E-state index in [4.69, 9.17) is 4.74 Å². The Morgan fingerprint density at radius 3 is 2.65 bits per heavy atom. The molecule has 3 atom stereocenters. The molecule has 0 aliphatic carbocycles. The second kappa shape index (κ2) is 5.22. The van der Waals surface area contributed by atoms with Crippen LogP contribution in [0.3, 0.4) is 0 Å². The number of hydrogen-bond donors (Lipinski definition) is 2. The van der Waals surface area contributed by atoms with Gasteiger partial charge in [0.25, 0.3) is 0 Å². The topological polar surface area (TPSA) is 67.4 Å². The van der Waals surface area contributed by atoms with Crippen LogP contribution in [-0.4, -0.2) is 45.0 Å². The van der Waals surface area contributed by atoms with Crippen LogP contribution in [-0.2, 0) is 14.8 Å². The quantitative estimate of drug-likeness (QED) is 0.719.